The number of hydrogen-bond donors (Lipinski definition) is 0. The van der Waals surface area contributed by atoms with Crippen LogP contribution in [0, 0.1) is 0 Å². The van der Waals surface area contributed by atoms with Gasteiger partial charge in [-0.05, 0) is 37.1 Å². The molecule has 0 saturated heterocycles. The van der Waals surface area contributed by atoms with Crippen LogP contribution in [0.5, 0.6) is 0 Å². The maximum atomic E-state index is 4.68. The number of para-hydroxylation sites is 2. The van der Waals surface area contributed by atoms with Gasteiger partial charge in [0.2, 0.25) is 0 Å². The molecular formula is C20H22Br2N2S4. The summed E-state index contributed by atoms with van der Waals surface area (Å²) in [6, 6.07) is 16.8. The third kappa shape index (κ3) is 6.71. The fourth-order valence-electron chi connectivity index (χ4n) is 2.70. The summed E-state index contributed by atoms with van der Waals surface area (Å²) in [6.07, 6.45) is 5.15. The first-order valence-corrected chi connectivity index (χ1v) is 12.5. The summed E-state index contributed by atoms with van der Waals surface area (Å²) in [6.45, 7) is 0. The Bertz CT molecular complexity index is 840. The van der Waals surface area contributed by atoms with Gasteiger partial charge in [0.05, 0.1) is 20.4 Å². The molecule has 4 aromatic rings. The number of hydrogen-bond acceptors (Lipinski definition) is 6. The number of halogens is 2. The summed E-state index contributed by atoms with van der Waals surface area (Å²) in [4.78, 5) is 9.37. The minimum atomic E-state index is 0. The number of rotatable bonds is 9. The molecule has 0 aliphatic carbocycles. The summed E-state index contributed by atoms with van der Waals surface area (Å²) < 4.78 is 5.00. The highest BCUT2D eigenvalue weighted by Gasteiger charge is 2.04. The van der Waals surface area contributed by atoms with Crippen LogP contribution in [0.1, 0.15) is 25.7 Å². The second-order valence-electron chi connectivity index (χ2n) is 6.01. The van der Waals surface area contributed by atoms with E-state index in [2.05, 4.69) is 58.5 Å². The molecule has 4 rings (SSSR count). The Hall–Kier alpha value is -0.120. The van der Waals surface area contributed by atoms with E-state index in [-0.39, 0.29) is 34.0 Å². The van der Waals surface area contributed by atoms with Crippen LogP contribution < -0.4 is 0 Å². The van der Waals surface area contributed by atoms with E-state index >= 15 is 0 Å². The first-order chi connectivity index (χ1) is 12.9. The van der Waals surface area contributed by atoms with Gasteiger partial charge in [-0.1, -0.05) is 60.6 Å². The van der Waals surface area contributed by atoms with Crippen molar-refractivity contribution in [3.8, 4) is 0 Å². The minimum Gasteiger partial charge on any atom is -0.230 e. The Balaban J connectivity index is 0.00000140. The fraction of sp³-hybridized carbons (Fsp3) is 0.300. The number of fused-ring (bicyclic) bond motifs is 2. The van der Waals surface area contributed by atoms with E-state index in [1.54, 1.807) is 0 Å². The van der Waals surface area contributed by atoms with Crippen LogP contribution in [0.15, 0.2) is 57.2 Å². The number of aromatic nitrogens is 2. The lowest BCUT2D eigenvalue weighted by molar-refractivity contribution is 0.711. The second kappa shape index (κ2) is 12.5. The molecule has 0 amide bonds. The van der Waals surface area contributed by atoms with Gasteiger partial charge in [-0.2, -0.15) is 0 Å². The summed E-state index contributed by atoms with van der Waals surface area (Å²) in [5.74, 6) is 2.34. The van der Waals surface area contributed by atoms with Crippen LogP contribution in [-0.4, -0.2) is 21.5 Å². The van der Waals surface area contributed by atoms with Gasteiger partial charge in [0.1, 0.15) is 0 Å². The van der Waals surface area contributed by atoms with Gasteiger partial charge in [-0.25, -0.2) is 9.97 Å². The molecule has 0 bridgehead atoms. The first-order valence-electron chi connectivity index (χ1n) is 8.85. The number of nitrogens with zero attached hydrogens (tertiary/aromatic N) is 2. The maximum Gasteiger partial charge on any atom is 0.151 e. The number of benzene rings is 2. The van der Waals surface area contributed by atoms with Gasteiger partial charge >= 0.3 is 0 Å². The molecule has 0 atom stereocenters. The van der Waals surface area contributed by atoms with Gasteiger partial charge in [0.15, 0.2) is 8.68 Å². The predicted molar refractivity (Wildman–Crippen MR) is 140 cm³/mol. The summed E-state index contributed by atoms with van der Waals surface area (Å²) >= 11 is 7.43. The Labute approximate surface area is 203 Å². The van der Waals surface area contributed by atoms with Crippen LogP contribution in [0.4, 0.5) is 0 Å². The lowest BCUT2D eigenvalue weighted by atomic mass is 10.2. The van der Waals surface area contributed by atoms with Crippen molar-refractivity contribution in [3.05, 3.63) is 48.5 Å². The molecule has 8 heteroatoms. The van der Waals surface area contributed by atoms with Crippen molar-refractivity contribution in [1.82, 2.24) is 9.97 Å². The molecule has 2 aromatic heterocycles. The molecule has 150 valence electrons. The standard InChI is InChI=1S/C20H20N2S4.2BrH/c1(7-13-23-19-21-15-9-3-5-11-17(15)25-19)2-8-14-24-20-22-16-10-4-6-12-18(16)26-20;;/h3-6,9-12H,1-2,7-8,13-14H2;2*1H. The zero-order valence-corrected chi connectivity index (χ0v) is 21.9. The molecule has 28 heavy (non-hydrogen) atoms. The molecule has 0 aliphatic rings. The lowest BCUT2D eigenvalue weighted by Crippen LogP contribution is -1.84. The van der Waals surface area contributed by atoms with Gasteiger partial charge < -0.3 is 0 Å². The highest BCUT2D eigenvalue weighted by Crippen LogP contribution is 2.31. The Kier molecular flexibility index (Phi) is 10.8. The second-order valence-corrected chi connectivity index (χ2v) is 10.8. The molecule has 2 aromatic carbocycles. The van der Waals surface area contributed by atoms with Crippen molar-refractivity contribution in [2.24, 2.45) is 0 Å². The summed E-state index contributed by atoms with van der Waals surface area (Å²) in [5, 5.41) is 0. The van der Waals surface area contributed by atoms with Crippen molar-refractivity contribution in [2.45, 2.75) is 34.4 Å². The monoisotopic (exact) mass is 576 g/mol. The van der Waals surface area contributed by atoms with Crippen LogP contribution in [0.3, 0.4) is 0 Å². The number of thioether (sulfide) groups is 2. The van der Waals surface area contributed by atoms with Crippen molar-refractivity contribution < 1.29 is 0 Å². The highest BCUT2D eigenvalue weighted by atomic mass is 79.9. The zero-order chi connectivity index (χ0) is 17.6. The first kappa shape index (κ1) is 24.2. The third-order valence-electron chi connectivity index (χ3n) is 4.04. The Morgan fingerprint density at radius 1 is 0.607 bits per heavy atom. The molecule has 0 spiro atoms. The minimum absolute atomic E-state index is 0. The van der Waals surface area contributed by atoms with E-state index in [0.717, 1.165) is 11.0 Å². The molecule has 0 radical (unpaired) electrons. The van der Waals surface area contributed by atoms with E-state index in [0.29, 0.717) is 0 Å². The van der Waals surface area contributed by atoms with Crippen LogP contribution in [0.25, 0.3) is 20.4 Å². The number of unbranched alkanes of at least 4 members (excludes halogenated alkanes) is 3. The molecule has 2 nitrogen and oxygen atoms in total. The lowest BCUT2D eigenvalue weighted by Gasteiger charge is -2.00. The maximum absolute atomic E-state index is 4.68. The molecule has 2 heterocycles. The summed E-state index contributed by atoms with van der Waals surface area (Å²) in [7, 11) is 0. The van der Waals surface area contributed by atoms with E-state index in [4.69, 9.17) is 0 Å². The van der Waals surface area contributed by atoms with Gasteiger partial charge in [-0.15, -0.1) is 56.6 Å². The fourth-order valence-corrected chi connectivity index (χ4v) is 6.98. The van der Waals surface area contributed by atoms with Crippen molar-refractivity contribution >= 4 is 101 Å². The van der Waals surface area contributed by atoms with E-state index in [1.165, 1.54) is 55.3 Å². The normalized spacial score (nSPS) is 10.7. The van der Waals surface area contributed by atoms with Crippen LogP contribution in [0.2, 0.25) is 0 Å². The molecule has 0 unspecified atom stereocenters. The topological polar surface area (TPSA) is 25.8 Å². The molecule has 0 N–H and O–H groups in total. The Morgan fingerprint density at radius 3 is 1.46 bits per heavy atom. The van der Waals surface area contributed by atoms with Gasteiger partial charge in [0.25, 0.3) is 0 Å². The van der Waals surface area contributed by atoms with Gasteiger partial charge in [-0.3, -0.25) is 0 Å². The van der Waals surface area contributed by atoms with Crippen LogP contribution in [-0.2, 0) is 0 Å². The summed E-state index contributed by atoms with van der Waals surface area (Å²) in [5.41, 5.74) is 2.26. The molecule has 0 aliphatic heterocycles. The average molecular weight is 578 g/mol. The van der Waals surface area contributed by atoms with Crippen molar-refractivity contribution in [2.75, 3.05) is 11.5 Å². The molecular weight excluding hydrogens is 556 g/mol. The smallest absolute Gasteiger partial charge is 0.151 e. The van der Waals surface area contributed by atoms with Crippen molar-refractivity contribution in [1.29, 1.82) is 0 Å². The van der Waals surface area contributed by atoms with Crippen molar-refractivity contribution in [3.63, 3.8) is 0 Å². The predicted octanol–water partition coefficient (Wildman–Crippen LogP) is 8.51. The third-order valence-corrected chi connectivity index (χ3v) is 8.57. The zero-order valence-electron chi connectivity index (χ0n) is 15.2. The molecule has 0 fully saturated rings. The highest BCUT2D eigenvalue weighted by molar-refractivity contribution is 8.93. The van der Waals surface area contributed by atoms with Crippen LogP contribution >= 0.6 is 80.2 Å². The van der Waals surface area contributed by atoms with E-state index in [1.807, 2.05) is 46.2 Å². The number of thiazole rings is 2. The average Bonchev–Trinajstić information content (AvgIpc) is 3.26. The Morgan fingerprint density at radius 2 is 1.04 bits per heavy atom. The SMILES string of the molecule is Br.Br.c1ccc2sc(SCCCCCCSc3nc4ccccc4s3)nc2c1. The van der Waals surface area contributed by atoms with E-state index < -0.39 is 0 Å². The molecule has 0 saturated carbocycles. The van der Waals surface area contributed by atoms with E-state index in [9.17, 15) is 0 Å². The quantitative estimate of drug-likeness (QED) is 0.147. The largest absolute Gasteiger partial charge is 0.230 e. The van der Waals surface area contributed by atoms with Gasteiger partial charge in [0, 0.05) is 11.5 Å².